The van der Waals surface area contributed by atoms with E-state index in [0.29, 0.717) is 25.6 Å². The van der Waals surface area contributed by atoms with Crippen LogP contribution in [0.5, 0.6) is 0 Å². The van der Waals surface area contributed by atoms with E-state index in [1.807, 2.05) is 0 Å². The van der Waals surface area contributed by atoms with Gasteiger partial charge in [-0.05, 0) is 38.6 Å². The van der Waals surface area contributed by atoms with E-state index in [-0.39, 0.29) is 5.25 Å². The van der Waals surface area contributed by atoms with Gasteiger partial charge >= 0.3 is 0 Å². The summed E-state index contributed by atoms with van der Waals surface area (Å²) in [6.45, 7) is 7.28. The smallest absolute Gasteiger partial charge is 0.217 e. The summed E-state index contributed by atoms with van der Waals surface area (Å²) in [5.74, 6) is 0.337. The molecule has 0 saturated carbocycles. The van der Waals surface area contributed by atoms with Gasteiger partial charge in [0.1, 0.15) is 0 Å². The molecule has 0 spiro atoms. The zero-order valence-electron chi connectivity index (χ0n) is 12.4. The number of hydrogen-bond donors (Lipinski definition) is 1. The fourth-order valence-corrected chi connectivity index (χ4v) is 3.67. The van der Waals surface area contributed by atoms with Crippen LogP contribution in [0.25, 0.3) is 0 Å². The molecule has 0 aromatic carbocycles. The van der Waals surface area contributed by atoms with E-state index in [4.69, 9.17) is 4.74 Å². The van der Waals surface area contributed by atoms with E-state index in [9.17, 15) is 8.42 Å². The highest BCUT2D eigenvalue weighted by molar-refractivity contribution is 7.89. The Bertz CT molecular complexity index is 340. The monoisotopic (exact) mass is 292 g/mol. The largest absolute Gasteiger partial charge is 0.381 e. The molecule has 0 bridgehead atoms. The first-order valence-electron chi connectivity index (χ1n) is 7.22. The van der Waals surface area contributed by atoms with Gasteiger partial charge in [-0.15, -0.1) is 0 Å². The van der Waals surface area contributed by atoms with Crippen LogP contribution in [0, 0.1) is 5.92 Å². The predicted octanol–water partition coefficient (Wildman–Crippen LogP) is 1.06. The van der Waals surface area contributed by atoms with E-state index in [0.717, 1.165) is 32.4 Å². The summed E-state index contributed by atoms with van der Waals surface area (Å²) in [4.78, 5) is 0. The molecule has 0 aromatic heterocycles. The van der Waals surface area contributed by atoms with Crippen LogP contribution in [-0.4, -0.2) is 57.9 Å². The first-order chi connectivity index (χ1) is 8.98. The summed E-state index contributed by atoms with van der Waals surface area (Å²) in [5, 5.41) is 2.79. The van der Waals surface area contributed by atoms with E-state index in [1.54, 1.807) is 14.0 Å². The van der Waals surface area contributed by atoms with Gasteiger partial charge in [0, 0.05) is 26.7 Å². The lowest BCUT2D eigenvalue weighted by Gasteiger charge is -2.28. The van der Waals surface area contributed by atoms with Crippen molar-refractivity contribution in [2.45, 2.75) is 38.4 Å². The van der Waals surface area contributed by atoms with E-state index in [2.05, 4.69) is 12.2 Å². The molecule has 0 radical (unpaired) electrons. The highest BCUT2D eigenvalue weighted by atomic mass is 32.2. The molecule has 2 atom stereocenters. The summed E-state index contributed by atoms with van der Waals surface area (Å²) in [6.07, 6.45) is 3.11. The molecular formula is C13H28N2O3S. The SMILES string of the molecule is CCCNCC(C)S(=O)(=O)N(C)CC1CCCOC1. The lowest BCUT2D eigenvalue weighted by atomic mass is 10.0. The van der Waals surface area contributed by atoms with E-state index in [1.165, 1.54) is 4.31 Å². The number of nitrogens with one attached hydrogen (secondary N) is 1. The second-order valence-corrected chi connectivity index (χ2v) is 7.88. The van der Waals surface area contributed by atoms with Crippen molar-refractivity contribution >= 4 is 10.0 Å². The van der Waals surface area contributed by atoms with Crippen molar-refractivity contribution in [3.63, 3.8) is 0 Å². The van der Waals surface area contributed by atoms with Gasteiger partial charge in [-0.3, -0.25) is 0 Å². The minimum Gasteiger partial charge on any atom is -0.381 e. The van der Waals surface area contributed by atoms with Crippen LogP contribution in [-0.2, 0) is 14.8 Å². The van der Waals surface area contributed by atoms with Crippen LogP contribution in [0.2, 0.25) is 0 Å². The zero-order valence-corrected chi connectivity index (χ0v) is 13.2. The minimum atomic E-state index is -3.20. The molecule has 1 fully saturated rings. The van der Waals surface area contributed by atoms with Gasteiger partial charge in [0.15, 0.2) is 0 Å². The number of nitrogens with zero attached hydrogens (tertiary/aromatic N) is 1. The summed E-state index contributed by atoms with van der Waals surface area (Å²) < 4.78 is 31.6. The summed E-state index contributed by atoms with van der Waals surface area (Å²) in [6, 6.07) is 0. The fraction of sp³-hybridized carbons (Fsp3) is 1.00. The highest BCUT2D eigenvalue weighted by Gasteiger charge is 2.28. The average Bonchev–Trinajstić information content (AvgIpc) is 2.40. The van der Waals surface area contributed by atoms with Crippen molar-refractivity contribution in [1.29, 1.82) is 0 Å². The van der Waals surface area contributed by atoms with Crippen molar-refractivity contribution in [3.8, 4) is 0 Å². The number of hydrogen-bond acceptors (Lipinski definition) is 4. The van der Waals surface area contributed by atoms with Crippen LogP contribution in [0.3, 0.4) is 0 Å². The number of rotatable bonds is 8. The van der Waals surface area contributed by atoms with Gasteiger partial charge in [-0.2, -0.15) is 0 Å². The quantitative estimate of drug-likeness (QED) is 0.680. The Balaban J connectivity index is 2.45. The molecule has 5 nitrogen and oxygen atoms in total. The van der Waals surface area contributed by atoms with Crippen LogP contribution < -0.4 is 5.32 Å². The Hall–Kier alpha value is -0.170. The average molecular weight is 292 g/mol. The van der Waals surface area contributed by atoms with Gasteiger partial charge in [-0.25, -0.2) is 12.7 Å². The minimum absolute atomic E-state index is 0.337. The van der Waals surface area contributed by atoms with Crippen LogP contribution in [0.4, 0.5) is 0 Å². The summed E-state index contributed by atoms with van der Waals surface area (Å²) in [5.41, 5.74) is 0. The Kier molecular flexibility index (Phi) is 7.28. The van der Waals surface area contributed by atoms with Crippen LogP contribution in [0.1, 0.15) is 33.1 Å². The Morgan fingerprint density at radius 3 is 2.79 bits per heavy atom. The summed E-state index contributed by atoms with van der Waals surface area (Å²) in [7, 11) is -1.52. The second-order valence-electron chi connectivity index (χ2n) is 5.42. The topological polar surface area (TPSA) is 58.6 Å². The van der Waals surface area contributed by atoms with Crippen molar-refractivity contribution in [1.82, 2.24) is 9.62 Å². The molecule has 1 saturated heterocycles. The first kappa shape index (κ1) is 16.9. The van der Waals surface area contributed by atoms with Gasteiger partial charge in [-0.1, -0.05) is 6.92 Å². The molecule has 1 rings (SSSR count). The van der Waals surface area contributed by atoms with Gasteiger partial charge in [0.2, 0.25) is 10.0 Å². The fourth-order valence-electron chi connectivity index (χ4n) is 2.31. The predicted molar refractivity (Wildman–Crippen MR) is 77.7 cm³/mol. The molecule has 114 valence electrons. The second kappa shape index (κ2) is 8.19. The standard InChI is InChI=1S/C13H28N2O3S/c1-4-7-14-9-12(2)19(16,17)15(3)10-13-6-5-8-18-11-13/h12-14H,4-11H2,1-3H3. The maximum Gasteiger partial charge on any atom is 0.217 e. The lowest BCUT2D eigenvalue weighted by molar-refractivity contribution is 0.0494. The first-order valence-corrected chi connectivity index (χ1v) is 8.72. The van der Waals surface area contributed by atoms with Crippen molar-refractivity contribution in [2.24, 2.45) is 5.92 Å². The Labute approximate surface area is 117 Å². The van der Waals surface area contributed by atoms with Crippen molar-refractivity contribution in [3.05, 3.63) is 0 Å². The van der Waals surface area contributed by atoms with Crippen LogP contribution >= 0.6 is 0 Å². The maximum atomic E-state index is 12.3. The Morgan fingerprint density at radius 1 is 1.47 bits per heavy atom. The molecule has 0 aliphatic carbocycles. The third-order valence-corrected chi connectivity index (χ3v) is 5.77. The zero-order chi connectivity index (χ0) is 14.3. The molecule has 19 heavy (non-hydrogen) atoms. The molecule has 1 aliphatic rings. The molecule has 0 aromatic rings. The number of sulfonamides is 1. The highest BCUT2D eigenvalue weighted by Crippen LogP contribution is 2.17. The third kappa shape index (κ3) is 5.38. The lowest BCUT2D eigenvalue weighted by Crippen LogP contribution is -2.43. The molecule has 2 unspecified atom stereocenters. The maximum absolute atomic E-state index is 12.3. The normalized spacial score (nSPS) is 22.6. The number of ether oxygens (including phenoxy) is 1. The van der Waals surface area contributed by atoms with Crippen molar-refractivity contribution < 1.29 is 13.2 Å². The van der Waals surface area contributed by atoms with E-state index >= 15 is 0 Å². The Morgan fingerprint density at radius 2 is 2.21 bits per heavy atom. The molecule has 1 aliphatic heterocycles. The molecule has 0 amide bonds. The summed E-state index contributed by atoms with van der Waals surface area (Å²) >= 11 is 0. The van der Waals surface area contributed by atoms with Crippen LogP contribution in [0.15, 0.2) is 0 Å². The van der Waals surface area contributed by atoms with E-state index < -0.39 is 10.0 Å². The van der Waals surface area contributed by atoms with Crippen molar-refractivity contribution in [2.75, 3.05) is 39.9 Å². The van der Waals surface area contributed by atoms with Gasteiger partial charge in [0.25, 0.3) is 0 Å². The molecular weight excluding hydrogens is 264 g/mol. The van der Waals surface area contributed by atoms with Gasteiger partial charge < -0.3 is 10.1 Å². The molecule has 1 heterocycles. The van der Waals surface area contributed by atoms with Gasteiger partial charge in [0.05, 0.1) is 11.9 Å². The molecule has 1 N–H and O–H groups in total. The third-order valence-electron chi connectivity index (χ3n) is 3.57. The molecule has 6 heteroatoms.